The summed E-state index contributed by atoms with van der Waals surface area (Å²) in [7, 11) is 0. The number of hydrogen-bond donors (Lipinski definition) is 2. The van der Waals surface area contributed by atoms with Gasteiger partial charge in [-0.05, 0) is 42.1 Å². The molecular weight excluding hydrogens is 232 g/mol. The van der Waals surface area contributed by atoms with Crippen LogP contribution >= 0.6 is 11.3 Å². The van der Waals surface area contributed by atoms with E-state index in [9.17, 15) is 0 Å². The minimum Gasteiger partial charge on any atom is -0.456 e. The van der Waals surface area contributed by atoms with Crippen LogP contribution in [-0.4, -0.2) is 0 Å². The zero-order valence-corrected chi connectivity index (χ0v) is 10.2. The predicted molar refractivity (Wildman–Crippen MR) is 70.9 cm³/mol. The van der Waals surface area contributed by atoms with E-state index >= 15 is 0 Å². The van der Waals surface area contributed by atoms with E-state index in [1.165, 1.54) is 10.4 Å². The van der Waals surface area contributed by atoms with E-state index in [1.807, 2.05) is 19.1 Å². The fraction of sp³-hybridized carbons (Fsp3) is 0.0769. The van der Waals surface area contributed by atoms with Crippen LogP contribution in [0.4, 0.5) is 5.69 Å². The molecule has 1 aliphatic heterocycles. The normalized spacial score (nSPS) is 13.9. The summed E-state index contributed by atoms with van der Waals surface area (Å²) in [6.07, 6.45) is 0. The number of thiophene rings is 1. The van der Waals surface area contributed by atoms with Crippen molar-refractivity contribution in [2.45, 2.75) is 6.92 Å². The Labute approximate surface area is 104 Å². The van der Waals surface area contributed by atoms with Gasteiger partial charge in [0.1, 0.15) is 11.6 Å². The van der Waals surface area contributed by atoms with E-state index in [0.29, 0.717) is 11.6 Å². The molecular formula is C13H12N2OS. The maximum Gasteiger partial charge on any atom is 0.150 e. The van der Waals surface area contributed by atoms with Crippen LogP contribution in [0.2, 0.25) is 0 Å². The lowest BCUT2D eigenvalue weighted by Gasteiger charge is -2.21. The van der Waals surface area contributed by atoms with E-state index in [4.69, 9.17) is 10.5 Å². The van der Waals surface area contributed by atoms with Crippen molar-refractivity contribution in [1.82, 2.24) is 0 Å². The molecule has 0 saturated carbocycles. The summed E-state index contributed by atoms with van der Waals surface area (Å²) >= 11 is 1.72. The predicted octanol–water partition coefficient (Wildman–Crippen LogP) is 3.37. The molecule has 1 aromatic heterocycles. The topological polar surface area (TPSA) is 47.3 Å². The van der Waals surface area contributed by atoms with E-state index in [-0.39, 0.29) is 0 Å². The number of hydrogen-bond acceptors (Lipinski definition) is 4. The monoisotopic (exact) mass is 244 g/mol. The molecule has 0 atom stereocenters. The zero-order valence-electron chi connectivity index (χ0n) is 9.36. The van der Waals surface area contributed by atoms with E-state index < -0.39 is 0 Å². The number of nitrogens with one attached hydrogen (secondary N) is 1. The molecule has 0 bridgehead atoms. The first kappa shape index (κ1) is 10.2. The van der Waals surface area contributed by atoms with Crippen molar-refractivity contribution >= 4 is 17.0 Å². The van der Waals surface area contributed by atoms with Gasteiger partial charge in [-0.3, -0.25) is 0 Å². The number of fused-ring (bicyclic) bond motifs is 1. The second kappa shape index (κ2) is 3.82. The number of benzene rings is 1. The van der Waals surface area contributed by atoms with Gasteiger partial charge in [0.25, 0.3) is 0 Å². The SMILES string of the molecule is CC1=C(N)Nc2cc(-c3cccs3)ccc2O1. The standard InChI is InChI=1S/C13H12N2OS/c1-8-13(14)15-10-7-9(4-5-11(10)16-8)12-3-2-6-17-12/h2-7,15H,14H2,1H3. The Bertz CT molecular complexity index is 587. The van der Waals surface area contributed by atoms with Gasteiger partial charge < -0.3 is 15.8 Å². The highest BCUT2D eigenvalue weighted by Crippen LogP contribution is 2.36. The summed E-state index contributed by atoms with van der Waals surface area (Å²) in [6.45, 7) is 1.85. The smallest absolute Gasteiger partial charge is 0.150 e. The van der Waals surface area contributed by atoms with Gasteiger partial charge in [0, 0.05) is 4.88 Å². The fourth-order valence-electron chi connectivity index (χ4n) is 1.77. The van der Waals surface area contributed by atoms with Crippen LogP contribution in [0.15, 0.2) is 47.3 Å². The van der Waals surface area contributed by atoms with Gasteiger partial charge in [0.2, 0.25) is 0 Å². The average Bonchev–Trinajstić information content (AvgIpc) is 2.83. The average molecular weight is 244 g/mol. The second-order valence-electron chi connectivity index (χ2n) is 3.89. The molecule has 2 aromatic rings. The summed E-state index contributed by atoms with van der Waals surface area (Å²) in [5, 5.41) is 5.22. The fourth-order valence-corrected chi connectivity index (χ4v) is 2.49. The van der Waals surface area contributed by atoms with Gasteiger partial charge in [-0.25, -0.2) is 0 Å². The highest BCUT2D eigenvalue weighted by atomic mass is 32.1. The summed E-state index contributed by atoms with van der Waals surface area (Å²) in [4.78, 5) is 1.24. The molecule has 1 aromatic carbocycles. The summed E-state index contributed by atoms with van der Waals surface area (Å²) in [5.41, 5.74) is 7.89. The molecule has 3 rings (SSSR count). The number of rotatable bonds is 1. The maximum atomic E-state index is 5.81. The molecule has 86 valence electrons. The lowest BCUT2D eigenvalue weighted by atomic mass is 10.1. The Morgan fingerprint density at radius 3 is 2.94 bits per heavy atom. The van der Waals surface area contributed by atoms with Crippen LogP contribution in [0.1, 0.15) is 6.92 Å². The molecule has 0 radical (unpaired) electrons. The van der Waals surface area contributed by atoms with Crippen molar-refractivity contribution in [2.24, 2.45) is 5.73 Å². The molecule has 17 heavy (non-hydrogen) atoms. The third-order valence-corrected chi connectivity index (χ3v) is 3.62. The molecule has 3 nitrogen and oxygen atoms in total. The lowest BCUT2D eigenvalue weighted by Crippen LogP contribution is -2.18. The van der Waals surface area contributed by atoms with E-state index in [1.54, 1.807) is 11.3 Å². The van der Waals surface area contributed by atoms with E-state index in [0.717, 1.165) is 11.4 Å². The summed E-state index contributed by atoms with van der Waals surface area (Å²) < 4.78 is 5.61. The Hall–Kier alpha value is -1.94. The van der Waals surface area contributed by atoms with Crippen molar-refractivity contribution in [2.75, 3.05) is 5.32 Å². The van der Waals surface area contributed by atoms with Crippen LogP contribution in [-0.2, 0) is 0 Å². The van der Waals surface area contributed by atoms with Crippen LogP contribution < -0.4 is 15.8 Å². The Kier molecular flexibility index (Phi) is 2.30. The van der Waals surface area contributed by atoms with Gasteiger partial charge >= 0.3 is 0 Å². The summed E-state index contributed by atoms with van der Waals surface area (Å²) in [6, 6.07) is 10.2. The number of ether oxygens (including phenoxy) is 1. The number of anilines is 1. The maximum absolute atomic E-state index is 5.81. The van der Waals surface area contributed by atoms with Gasteiger partial charge in [-0.2, -0.15) is 0 Å². The first-order chi connectivity index (χ1) is 8.24. The third kappa shape index (κ3) is 1.76. The van der Waals surface area contributed by atoms with Crippen molar-refractivity contribution in [3.8, 4) is 16.2 Å². The molecule has 2 heterocycles. The molecule has 3 N–H and O–H groups in total. The minimum absolute atomic E-state index is 0.570. The Balaban J connectivity index is 2.03. The Morgan fingerprint density at radius 1 is 1.29 bits per heavy atom. The van der Waals surface area contributed by atoms with Gasteiger partial charge in [0.05, 0.1) is 5.69 Å². The highest BCUT2D eigenvalue weighted by molar-refractivity contribution is 7.13. The molecule has 1 aliphatic rings. The first-order valence-corrected chi connectivity index (χ1v) is 6.21. The van der Waals surface area contributed by atoms with Crippen molar-refractivity contribution in [1.29, 1.82) is 0 Å². The van der Waals surface area contributed by atoms with Crippen LogP contribution in [0, 0.1) is 0 Å². The van der Waals surface area contributed by atoms with Gasteiger partial charge in [0.15, 0.2) is 5.75 Å². The summed E-state index contributed by atoms with van der Waals surface area (Å²) in [5.74, 6) is 2.10. The Morgan fingerprint density at radius 2 is 2.18 bits per heavy atom. The zero-order chi connectivity index (χ0) is 11.8. The molecule has 0 spiro atoms. The lowest BCUT2D eigenvalue weighted by molar-refractivity contribution is 0.415. The molecule has 0 amide bonds. The van der Waals surface area contributed by atoms with Crippen molar-refractivity contribution < 1.29 is 4.74 Å². The molecule has 0 aliphatic carbocycles. The highest BCUT2D eigenvalue weighted by Gasteiger charge is 2.15. The minimum atomic E-state index is 0.570. The number of allylic oxidation sites excluding steroid dienone is 1. The number of nitrogens with two attached hydrogens (primary N) is 1. The molecule has 0 unspecified atom stereocenters. The molecule has 0 saturated heterocycles. The second-order valence-corrected chi connectivity index (χ2v) is 4.83. The molecule has 0 fully saturated rings. The van der Waals surface area contributed by atoms with Crippen molar-refractivity contribution in [3.05, 3.63) is 47.3 Å². The quantitative estimate of drug-likeness (QED) is 0.808. The van der Waals surface area contributed by atoms with Gasteiger partial charge in [-0.15, -0.1) is 11.3 Å². The van der Waals surface area contributed by atoms with Crippen LogP contribution in [0.5, 0.6) is 5.75 Å². The van der Waals surface area contributed by atoms with Gasteiger partial charge in [-0.1, -0.05) is 6.07 Å². The van der Waals surface area contributed by atoms with E-state index in [2.05, 4.69) is 28.9 Å². The first-order valence-electron chi connectivity index (χ1n) is 5.33. The van der Waals surface area contributed by atoms with Crippen LogP contribution in [0.25, 0.3) is 10.4 Å². The largest absolute Gasteiger partial charge is 0.456 e. The van der Waals surface area contributed by atoms with Crippen LogP contribution in [0.3, 0.4) is 0 Å². The van der Waals surface area contributed by atoms with Crippen molar-refractivity contribution in [3.63, 3.8) is 0 Å². The molecule has 4 heteroatoms. The third-order valence-electron chi connectivity index (χ3n) is 2.70.